The van der Waals surface area contributed by atoms with Crippen LogP contribution in [0.25, 0.3) is 0 Å². The average molecular weight is 621 g/mol. The van der Waals surface area contributed by atoms with Crippen LogP contribution >= 0.6 is 0 Å². The van der Waals surface area contributed by atoms with Crippen LogP contribution in [-0.4, -0.2) is 100 Å². The lowest BCUT2D eigenvalue weighted by molar-refractivity contribution is -0.154. The average Bonchev–Trinajstić information content (AvgIpc) is 2.97. The number of hydrogen-bond donors (Lipinski definition) is 5. The number of likely N-dealkylation sites (N-methyl/N-ethyl adjacent to an activating group) is 3. The number of aromatic hydroxyl groups is 1. The number of hydrogen-bond acceptors (Lipinski definition) is 7. The molecule has 11 heteroatoms. The van der Waals surface area contributed by atoms with E-state index in [1.165, 1.54) is 31.1 Å². The first-order valence-electron chi connectivity index (χ1n) is 15.9. The van der Waals surface area contributed by atoms with Crippen molar-refractivity contribution in [2.45, 2.75) is 116 Å². The van der Waals surface area contributed by atoms with Crippen LogP contribution in [0.15, 0.2) is 24.3 Å². The van der Waals surface area contributed by atoms with Gasteiger partial charge in [0.2, 0.25) is 11.8 Å². The van der Waals surface area contributed by atoms with Crippen LogP contribution in [0, 0.1) is 11.8 Å². The predicted octanol–water partition coefficient (Wildman–Crippen LogP) is 3.17. The van der Waals surface area contributed by atoms with Crippen molar-refractivity contribution in [2.75, 3.05) is 21.1 Å². The van der Waals surface area contributed by atoms with E-state index < -0.39 is 54.0 Å². The summed E-state index contributed by atoms with van der Waals surface area (Å²) in [7, 11) is 4.59. The molecule has 44 heavy (non-hydrogen) atoms. The van der Waals surface area contributed by atoms with Gasteiger partial charge in [-0.1, -0.05) is 78.9 Å². The lowest BCUT2D eigenvalue weighted by Crippen LogP contribution is -2.59. The Balaban J connectivity index is 3.13. The molecule has 0 aliphatic rings. The molecular formula is C33H56N4O7. The Labute approximate surface area is 263 Å². The van der Waals surface area contributed by atoms with Crippen LogP contribution in [0.5, 0.6) is 5.75 Å². The highest BCUT2D eigenvalue weighted by Crippen LogP contribution is 2.20. The molecule has 1 aromatic carbocycles. The first-order valence-corrected chi connectivity index (χ1v) is 15.9. The molecule has 1 aromatic rings. The van der Waals surface area contributed by atoms with Crippen molar-refractivity contribution in [3.8, 4) is 5.75 Å². The van der Waals surface area contributed by atoms with E-state index in [4.69, 9.17) is 0 Å². The van der Waals surface area contributed by atoms with Gasteiger partial charge in [-0.15, -0.1) is 0 Å². The molecule has 1 rings (SSSR count). The molecule has 5 unspecified atom stereocenters. The maximum Gasteiger partial charge on any atom is 0.326 e. The molecule has 3 amide bonds. The highest BCUT2D eigenvalue weighted by atomic mass is 16.4. The van der Waals surface area contributed by atoms with Crippen molar-refractivity contribution in [1.29, 1.82) is 0 Å². The number of carbonyl (C=O) groups is 4. The number of unbranched alkanes of at least 4 members (excludes halogenated alkanes) is 4. The van der Waals surface area contributed by atoms with Crippen molar-refractivity contribution in [1.82, 2.24) is 20.4 Å². The maximum absolute atomic E-state index is 13.8. The number of aliphatic hydroxyl groups excluding tert-OH is 1. The van der Waals surface area contributed by atoms with E-state index in [0.717, 1.165) is 37.0 Å². The number of carboxylic acids is 1. The van der Waals surface area contributed by atoms with E-state index in [9.17, 15) is 34.5 Å². The van der Waals surface area contributed by atoms with Crippen LogP contribution in [-0.2, 0) is 25.6 Å². The second-order valence-electron chi connectivity index (χ2n) is 12.5. The smallest absolute Gasteiger partial charge is 0.326 e. The van der Waals surface area contributed by atoms with Crippen LogP contribution in [0.1, 0.15) is 85.1 Å². The van der Waals surface area contributed by atoms with Gasteiger partial charge in [-0.05, 0) is 49.4 Å². The van der Waals surface area contributed by atoms with Crippen molar-refractivity contribution in [3.63, 3.8) is 0 Å². The van der Waals surface area contributed by atoms with E-state index in [2.05, 4.69) is 17.6 Å². The Morgan fingerprint density at radius 1 is 0.864 bits per heavy atom. The quantitative estimate of drug-likeness (QED) is 0.139. The molecular weight excluding hydrogens is 564 g/mol. The Hall–Kier alpha value is -3.18. The van der Waals surface area contributed by atoms with E-state index >= 15 is 0 Å². The van der Waals surface area contributed by atoms with Gasteiger partial charge in [-0.3, -0.25) is 14.4 Å². The van der Waals surface area contributed by atoms with Gasteiger partial charge >= 0.3 is 5.97 Å². The number of aliphatic carboxylic acids is 1. The molecule has 0 aromatic heterocycles. The number of nitrogens with one attached hydrogen (secondary N) is 2. The van der Waals surface area contributed by atoms with Gasteiger partial charge in [0, 0.05) is 26.6 Å². The van der Waals surface area contributed by atoms with E-state index in [0.29, 0.717) is 12.0 Å². The summed E-state index contributed by atoms with van der Waals surface area (Å²) in [5, 5.41) is 36.1. The molecule has 250 valence electrons. The molecule has 11 nitrogen and oxygen atoms in total. The molecule has 5 N–H and O–H groups in total. The fourth-order valence-electron chi connectivity index (χ4n) is 5.24. The molecule has 0 fully saturated rings. The highest BCUT2D eigenvalue weighted by molar-refractivity contribution is 5.94. The van der Waals surface area contributed by atoms with Crippen molar-refractivity contribution < 1.29 is 34.5 Å². The van der Waals surface area contributed by atoms with Crippen molar-refractivity contribution >= 4 is 23.7 Å². The topological polar surface area (TPSA) is 160 Å². The molecule has 0 heterocycles. The normalized spacial score (nSPS) is 14.9. The first-order chi connectivity index (χ1) is 20.7. The summed E-state index contributed by atoms with van der Waals surface area (Å²) in [4.78, 5) is 55.5. The molecule has 0 spiro atoms. The Morgan fingerprint density at radius 2 is 1.43 bits per heavy atom. The molecule has 0 bridgehead atoms. The summed E-state index contributed by atoms with van der Waals surface area (Å²) in [5.41, 5.74) is 0.627. The Bertz CT molecular complexity index is 1050. The number of phenols is 1. The lowest BCUT2D eigenvalue weighted by Gasteiger charge is -2.37. The summed E-state index contributed by atoms with van der Waals surface area (Å²) >= 11 is 0. The SMILES string of the molecule is CCCCCCCC(NC)C(O)C(=O)NC(C(=O)N(C)C(CC(C)C)C(=O)N(C)C(Cc1ccc(O)cc1)C(=O)O)C(C)C. The molecule has 0 aliphatic heterocycles. The predicted molar refractivity (Wildman–Crippen MR) is 171 cm³/mol. The third-order valence-electron chi connectivity index (χ3n) is 8.13. The number of carboxylic acid groups (broad SMARTS) is 1. The second kappa shape index (κ2) is 19.3. The highest BCUT2D eigenvalue weighted by Gasteiger charge is 2.39. The lowest BCUT2D eigenvalue weighted by atomic mass is 9.96. The monoisotopic (exact) mass is 620 g/mol. The summed E-state index contributed by atoms with van der Waals surface area (Å²) in [6.45, 7) is 9.50. The van der Waals surface area contributed by atoms with Crippen molar-refractivity contribution in [3.05, 3.63) is 29.8 Å². The summed E-state index contributed by atoms with van der Waals surface area (Å²) < 4.78 is 0. The number of phenolic OH excluding ortho intramolecular Hbond substituents is 1. The zero-order chi connectivity index (χ0) is 33.6. The van der Waals surface area contributed by atoms with E-state index in [-0.39, 0.29) is 30.4 Å². The van der Waals surface area contributed by atoms with Crippen LogP contribution in [0.4, 0.5) is 0 Å². The van der Waals surface area contributed by atoms with E-state index in [1.807, 2.05) is 13.8 Å². The molecule has 0 radical (unpaired) electrons. The fourth-order valence-corrected chi connectivity index (χ4v) is 5.24. The minimum atomic E-state index is -1.36. The maximum atomic E-state index is 13.8. The minimum Gasteiger partial charge on any atom is -0.508 e. The molecule has 0 saturated carbocycles. The first kappa shape index (κ1) is 38.8. The van der Waals surface area contributed by atoms with Crippen molar-refractivity contribution in [2.24, 2.45) is 11.8 Å². The van der Waals surface area contributed by atoms with Crippen LogP contribution < -0.4 is 10.6 Å². The standard InChI is InChI=1S/C33H56N4O7/c1-9-10-11-12-13-14-25(34-6)29(39)30(40)35-28(22(4)5)32(42)36(7)26(19-21(2)3)31(41)37(8)27(33(43)44)20-23-15-17-24(38)18-16-23/h15-18,21-22,25-29,34,38-39H,9-14,19-20H2,1-8H3,(H,35,40)(H,43,44). The van der Waals surface area contributed by atoms with E-state index in [1.54, 1.807) is 33.0 Å². The summed E-state index contributed by atoms with van der Waals surface area (Å²) in [5.74, 6) is -3.20. The van der Waals surface area contributed by atoms with Gasteiger partial charge < -0.3 is 35.8 Å². The number of aliphatic hydroxyl groups is 1. The molecule has 5 atom stereocenters. The van der Waals surface area contributed by atoms with Gasteiger partial charge in [-0.25, -0.2) is 4.79 Å². The largest absolute Gasteiger partial charge is 0.508 e. The van der Waals surface area contributed by atoms with Gasteiger partial charge in [0.25, 0.3) is 5.91 Å². The minimum absolute atomic E-state index is 0.00407. The number of carbonyl (C=O) groups excluding carboxylic acids is 3. The molecule has 0 saturated heterocycles. The second-order valence-corrected chi connectivity index (χ2v) is 12.5. The van der Waals surface area contributed by atoms with Gasteiger partial charge in [0.1, 0.15) is 30.0 Å². The van der Waals surface area contributed by atoms with Gasteiger partial charge in [0.05, 0.1) is 0 Å². The van der Waals surface area contributed by atoms with Crippen LogP contribution in [0.3, 0.4) is 0 Å². The summed E-state index contributed by atoms with van der Waals surface area (Å²) in [6.07, 6.45) is 4.78. The third kappa shape index (κ3) is 12.1. The van der Waals surface area contributed by atoms with Gasteiger partial charge in [-0.2, -0.15) is 0 Å². The number of rotatable bonds is 20. The summed E-state index contributed by atoms with van der Waals surface area (Å²) in [6, 6.07) is 2.43. The molecule has 0 aliphatic carbocycles. The Morgan fingerprint density at radius 3 is 1.93 bits per heavy atom. The zero-order valence-electron chi connectivity index (χ0n) is 27.9. The zero-order valence-corrected chi connectivity index (χ0v) is 27.9. The fraction of sp³-hybridized carbons (Fsp3) is 0.697. The van der Waals surface area contributed by atoms with Crippen LogP contribution in [0.2, 0.25) is 0 Å². The van der Waals surface area contributed by atoms with Gasteiger partial charge in [0.15, 0.2) is 0 Å². The number of amides is 3. The third-order valence-corrected chi connectivity index (χ3v) is 8.13. The number of benzene rings is 1. The Kier molecular flexibility index (Phi) is 17.0. The number of nitrogens with zero attached hydrogens (tertiary/aromatic N) is 2.